The van der Waals surface area contributed by atoms with Gasteiger partial charge in [-0.15, -0.1) is 0 Å². The molecular weight excluding hydrogens is 427 g/mol. The van der Waals surface area contributed by atoms with E-state index in [1.165, 1.54) is 23.2 Å². The largest absolute Gasteiger partial charge is 0.456 e. The van der Waals surface area contributed by atoms with E-state index < -0.39 is 24.3 Å². The van der Waals surface area contributed by atoms with Crippen LogP contribution in [0.25, 0.3) is 0 Å². The van der Waals surface area contributed by atoms with E-state index in [1.807, 2.05) is 36.4 Å². The van der Waals surface area contributed by atoms with E-state index in [2.05, 4.69) is 5.10 Å². The number of para-hydroxylation sites is 1. The second-order valence-corrected chi connectivity index (χ2v) is 7.25. The van der Waals surface area contributed by atoms with Gasteiger partial charge in [-0.1, -0.05) is 42.5 Å². The zero-order chi connectivity index (χ0) is 23.6. The molecule has 0 spiro atoms. The minimum Gasteiger partial charge on any atom is -0.456 e. The molecule has 33 heavy (non-hydrogen) atoms. The molecular formula is C24H23FN4O4. The maximum absolute atomic E-state index is 14.1. The molecule has 0 fully saturated rings. The Morgan fingerprint density at radius 3 is 2.55 bits per heavy atom. The predicted molar refractivity (Wildman–Crippen MR) is 118 cm³/mol. The molecule has 0 atom stereocenters. The van der Waals surface area contributed by atoms with Crippen molar-refractivity contribution in [3.63, 3.8) is 0 Å². The fraction of sp³-hybridized carbons (Fsp3) is 0.292. The van der Waals surface area contributed by atoms with Crippen molar-refractivity contribution in [3.05, 3.63) is 66.0 Å². The van der Waals surface area contributed by atoms with Crippen LogP contribution in [0.1, 0.15) is 31.2 Å². The predicted octanol–water partition coefficient (Wildman–Crippen LogP) is 3.03. The van der Waals surface area contributed by atoms with Crippen LogP contribution in [0.3, 0.4) is 0 Å². The molecule has 0 saturated heterocycles. The normalized spacial score (nSPS) is 12.6. The summed E-state index contributed by atoms with van der Waals surface area (Å²) in [7, 11) is 0. The first kappa shape index (κ1) is 23.6. The first-order valence-corrected chi connectivity index (χ1v) is 10.5. The van der Waals surface area contributed by atoms with Crippen molar-refractivity contribution in [2.75, 3.05) is 24.6 Å². The molecule has 170 valence electrons. The molecule has 0 saturated carbocycles. The second kappa shape index (κ2) is 11.5. The molecule has 1 heterocycles. The monoisotopic (exact) mass is 450 g/mol. The molecule has 1 aliphatic heterocycles. The second-order valence-electron chi connectivity index (χ2n) is 7.25. The van der Waals surface area contributed by atoms with Crippen LogP contribution in [-0.2, 0) is 19.1 Å². The van der Waals surface area contributed by atoms with Gasteiger partial charge in [-0.25, -0.2) is 9.40 Å². The summed E-state index contributed by atoms with van der Waals surface area (Å²) >= 11 is 0. The Balaban J connectivity index is 1.49. The Morgan fingerprint density at radius 1 is 1.09 bits per heavy atom. The van der Waals surface area contributed by atoms with Gasteiger partial charge in [0.05, 0.1) is 36.9 Å². The number of carbonyl (C=O) groups is 3. The highest BCUT2D eigenvalue weighted by Gasteiger charge is 2.23. The van der Waals surface area contributed by atoms with Crippen molar-refractivity contribution in [2.24, 2.45) is 5.10 Å². The summed E-state index contributed by atoms with van der Waals surface area (Å²) in [5.41, 5.74) is 1.76. The topological polar surface area (TPSA) is 103 Å². The third-order valence-corrected chi connectivity index (χ3v) is 4.99. The first-order chi connectivity index (χ1) is 16.0. The number of esters is 1. The van der Waals surface area contributed by atoms with Gasteiger partial charge in [0, 0.05) is 19.4 Å². The molecule has 0 N–H and O–H groups in total. The average Bonchev–Trinajstić information content (AvgIpc) is 3.33. The number of hydrogen-bond donors (Lipinski definition) is 0. The summed E-state index contributed by atoms with van der Waals surface area (Å²) in [5, 5.41) is 14.5. The summed E-state index contributed by atoms with van der Waals surface area (Å²) in [5.74, 6) is -2.32. The highest BCUT2D eigenvalue weighted by molar-refractivity contribution is 6.02. The van der Waals surface area contributed by atoms with Crippen molar-refractivity contribution < 1.29 is 23.5 Å². The number of benzene rings is 2. The van der Waals surface area contributed by atoms with Crippen LogP contribution >= 0.6 is 0 Å². The van der Waals surface area contributed by atoms with E-state index in [1.54, 1.807) is 6.07 Å². The van der Waals surface area contributed by atoms with Gasteiger partial charge in [-0.2, -0.15) is 10.4 Å². The van der Waals surface area contributed by atoms with E-state index in [-0.39, 0.29) is 37.4 Å². The van der Waals surface area contributed by atoms with Crippen molar-refractivity contribution in [2.45, 2.75) is 25.7 Å². The summed E-state index contributed by atoms with van der Waals surface area (Å²) in [6, 6.07) is 17.1. The summed E-state index contributed by atoms with van der Waals surface area (Å²) < 4.78 is 19.1. The Kier molecular flexibility index (Phi) is 8.24. The summed E-state index contributed by atoms with van der Waals surface area (Å²) in [6.45, 7) is -0.219. The van der Waals surface area contributed by atoms with Crippen LogP contribution in [-0.4, -0.2) is 48.2 Å². The van der Waals surface area contributed by atoms with Gasteiger partial charge in [0.1, 0.15) is 5.82 Å². The van der Waals surface area contributed by atoms with Gasteiger partial charge < -0.3 is 9.64 Å². The highest BCUT2D eigenvalue weighted by Crippen LogP contribution is 2.19. The van der Waals surface area contributed by atoms with Crippen molar-refractivity contribution in [1.82, 2.24) is 5.01 Å². The average molecular weight is 450 g/mol. The first-order valence-electron chi connectivity index (χ1n) is 10.5. The zero-order valence-electron chi connectivity index (χ0n) is 17.9. The van der Waals surface area contributed by atoms with E-state index >= 15 is 0 Å². The van der Waals surface area contributed by atoms with E-state index in [4.69, 9.17) is 10.00 Å². The maximum Gasteiger partial charge on any atom is 0.306 e. The lowest BCUT2D eigenvalue weighted by Crippen LogP contribution is -2.36. The molecule has 3 rings (SSSR count). The number of nitriles is 1. The third-order valence-electron chi connectivity index (χ3n) is 4.99. The Bertz CT molecular complexity index is 1080. The number of rotatable bonds is 9. The lowest BCUT2D eigenvalue weighted by atomic mass is 10.1. The lowest BCUT2D eigenvalue weighted by Gasteiger charge is -2.22. The van der Waals surface area contributed by atoms with Crippen molar-refractivity contribution in [3.8, 4) is 6.07 Å². The van der Waals surface area contributed by atoms with Gasteiger partial charge >= 0.3 is 5.97 Å². The highest BCUT2D eigenvalue weighted by atomic mass is 19.1. The molecule has 0 radical (unpaired) electrons. The fourth-order valence-electron chi connectivity index (χ4n) is 3.31. The van der Waals surface area contributed by atoms with Crippen LogP contribution in [0, 0.1) is 17.1 Å². The fourth-order valence-corrected chi connectivity index (χ4v) is 3.31. The number of carbonyl (C=O) groups excluding carboxylic acids is 3. The van der Waals surface area contributed by atoms with Crippen LogP contribution < -0.4 is 4.90 Å². The Labute approximate surface area is 190 Å². The molecule has 9 heteroatoms. The quantitative estimate of drug-likeness (QED) is 0.547. The number of hydrazone groups is 1. The molecule has 2 amide bonds. The summed E-state index contributed by atoms with van der Waals surface area (Å²) in [4.78, 5) is 38.0. The van der Waals surface area contributed by atoms with Crippen molar-refractivity contribution >= 4 is 29.2 Å². The van der Waals surface area contributed by atoms with Gasteiger partial charge in [-0.05, 0) is 17.7 Å². The standard InChI is InChI=1S/C24H23FN4O4/c25-19-9-4-5-10-21(19)28(15-6-14-26)23(31)17-33-24(32)12-11-22(30)29-16-13-20(27-29)18-7-2-1-3-8-18/h1-5,7-10H,6,11-13,15-17H2. The minimum absolute atomic E-state index is 0.00471. The van der Waals surface area contributed by atoms with E-state index in [0.29, 0.717) is 13.0 Å². The summed E-state index contributed by atoms with van der Waals surface area (Å²) in [6.07, 6.45) is 0.299. The van der Waals surface area contributed by atoms with Crippen LogP contribution in [0.4, 0.5) is 10.1 Å². The molecule has 0 aromatic heterocycles. The Morgan fingerprint density at radius 2 is 1.82 bits per heavy atom. The minimum atomic E-state index is -0.725. The van der Waals surface area contributed by atoms with E-state index in [0.717, 1.165) is 16.2 Å². The number of halogens is 1. The third kappa shape index (κ3) is 6.46. The van der Waals surface area contributed by atoms with Crippen LogP contribution in [0.5, 0.6) is 0 Å². The van der Waals surface area contributed by atoms with Gasteiger partial charge in [0.2, 0.25) is 5.91 Å². The molecule has 1 aliphatic rings. The zero-order valence-corrected chi connectivity index (χ0v) is 17.9. The molecule has 0 unspecified atom stereocenters. The van der Waals surface area contributed by atoms with Gasteiger partial charge in [0.15, 0.2) is 6.61 Å². The van der Waals surface area contributed by atoms with Crippen LogP contribution in [0.15, 0.2) is 59.7 Å². The number of hydrogen-bond acceptors (Lipinski definition) is 6. The Hall–Kier alpha value is -4.06. The number of amides is 2. The van der Waals surface area contributed by atoms with Gasteiger partial charge in [0.25, 0.3) is 5.91 Å². The van der Waals surface area contributed by atoms with Gasteiger partial charge in [-0.3, -0.25) is 14.4 Å². The molecule has 8 nitrogen and oxygen atoms in total. The molecule has 0 aliphatic carbocycles. The van der Waals surface area contributed by atoms with E-state index in [9.17, 15) is 18.8 Å². The molecule has 0 bridgehead atoms. The maximum atomic E-state index is 14.1. The van der Waals surface area contributed by atoms with Crippen LogP contribution in [0.2, 0.25) is 0 Å². The lowest BCUT2D eigenvalue weighted by molar-refractivity contribution is -0.149. The number of ether oxygens (including phenoxy) is 1. The smallest absolute Gasteiger partial charge is 0.306 e. The number of anilines is 1. The number of nitrogens with zero attached hydrogens (tertiary/aromatic N) is 4. The molecule has 2 aromatic carbocycles. The molecule has 2 aromatic rings. The van der Waals surface area contributed by atoms with Crippen molar-refractivity contribution in [1.29, 1.82) is 5.26 Å². The SMILES string of the molecule is N#CCCN(C(=O)COC(=O)CCC(=O)N1CCC(c2ccccc2)=N1)c1ccccc1F.